The first-order chi connectivity index (χ1) is 9.18. The Labute approximate surface area is 117 Å². The largest absolute Gasteiger partial charge is 0.481 e. The van der Waals surface area contributed by atoms with E-state index in [1.807, 2.05) is 42.5 Å². The summed E-state index contributed by atoms with van der Waals surface area (Å²) in [5.74, 6) is -1.39. The number of aliphatic carboxylic acids is 1. The van der Waals surface area contributed by atoms with E-state index in [2.05, 4.69) is 0 Å². The van der Waals surface area contributed by atoms with Crippen LogP contribution >= 0.6 is 11.6 Å². The van der Waals surface area contributed by atoms with Gasteiger partial charge in [0.05, 0.1) is 5.92 Å². The summed E-state index contributed by atoms with van der Waals surface area (Å²) in [6, 6.07) is 17.0. The second-order valence-electron chi connectivity index (χ2n) is 4.44. The van der Waals surface area contributed by atoms with Crippen LogP contribution in [0.3, 0.4) is 0 Å². The molecular weight excluding hydrogens is 260 g/mol. The first kappa shape index (κ1) is 13.6. The molecule has 2 rings (SSSR count). The van der Waals surface area contributed by atoms with Gasteiger partial charge in [-0.05, 0) is 30.0 Å². The number of aryl methyl sites for hydroxylation is 1. The van der Waals surface area contributed by atoms with Crippen molar-refractivity contribution in [1.82, 2.24) is 0 Å². The minimum Gasteiger partial charge on any atom is -0.481 e. The number of carboxylic acid groups (broad SMARTS) is 1. The molecule has 0 unspecified atom stereocenters. The molecule has 0 saturated carbocycles. The Morgan fingerprint density at radius 2 is 1.68 bits per heavy atom. The van der Waals surface area contributed by atoms with Crippen LogP contribution < -0.4 is 0 Å². The second-order valence-corrected chi connectivity index (χ2v) is 4.84. The zero-order valence-electron chi connectivity index (χ0n) is 10.4. The summed E-state index contributed by atoms with van der Waals surface area (Å²) in [6.07, 6.45) is 1.27. The van der Waals surface area contributed by atoms with Crippen molar-refractivity contribution in [3.63, 3.8) is 0 Å². The molecule has 1 atom stereocenters. The van der Waals surface area contributed by atoms with Gasteiger partial charge in [-0.15, -0.1) is 0 Å². The molecule has 1 N–H and O–H groups in total. The molecule has 3 heteroatoms. The minimum atomic E-state index is -0.830. The summed E-state index contributed by atoms with van der Waals surface area (Å²) in [6.45, 7) is 0. The van der Waals surface area contributed by atoms with E-state index in [0.29, 0.717) is 17.0 Å². The van der Waals surface area contributed by atoms with Crippen molar-refractivity contribution in [1.29, 1.82) is 0 Å². The molecular formula is C16H15ClO2. The highest BCUT2D eigenvalue weighted by molar-refractivity contribution is 6.31. The van der Waals surface area contributed by atoms with Crippen molar-refractivity contribution in [3.05, 3.63) is 70.7 Å². The maximum atomic E-state index is 11.4. The van der Waals surface area contributed by atoms with E-state index >= 15 is 0 Å². The molecule has 0 radical (unpaired) electrons. The van der Waals surface area contributed by atoms with Crippen LogP contribution in [0.4, 0.5) is 0 Å². The third-order valence-electron chi connectivity index (χ3n) is 3.14. The molecule has 19 heavy (non-hydrogen) atoms. The zero-order valence-corrected chi connectivity index (χ0v) is 11.2. The Hall–Kier alpha value is -1.80. The van der Waals surface area contributed by atoms with Gasteiger partial charge in [0.2, 0.25) is 0 Å². The van der Waals surface area contributed by atoms with Crippen LogP contribution in [0.5, 0.6) is 0 Å². The first-order valence-corrected chi connectivity index (χ1v) is 6.57. The molecule has 0 aliphatic rings. The van der Waals surface area contributed by atoms with E-state index in [9.17, 15) is 9.90 Å². The van der Waals surface area contributed by atoms with E-state index in [-0.39, 0.29) is 0 Å². The van der Waals surface area contributed by atoms with E-state index < -0.39 is 11.9 Å². The van der Waals surface area contributed by atoms with Crippen LogP contribution in [0.25, 0.3) is 0 Å². The van der Waals surface area contributed by atoms with Crippen LogP contribution in [0, 0.1) is 0 Å². The van der Waals surface area contributed by atoms with Crippen LogP contribution in [0.1, 0.15) is 23.5 Å². The second kappa shape index (κ2) is 6.39. The summed E-state index contributed by atoms with van der Waals surface area (Å²) in [7, 11) is 0. The smallest absolute Gasteiger partial charge is 0.311 e. The molecule has 0 aliphatic heterocycles. The Morgan fingerprint density at radius 3 is 2.32 bits per heavy atom. The van der Waals surface area contributed by atoms with Gasteiger partial charge in [0, 0.05) is 5.02 Å². The Bertz CT molecular complexity index is 552. The maximum absolute atomic E-state index is 11.4. The molecule has 0 heterocycles. The summed E-state index contributed by atoms with van der Waals surface area (Å²) in [5.41, 5.74) is 1.83. The monoisotopic (exact) mass is 274 g/mol. The van der Waals surface area contributed by atoms with Gasteiger partial charge in [-0.25, -0.2) is 0 Å². The van der Waals surface area contributed by atoms with Crippen LogP contribution in [-0.2, 0) is 11.2 Å². The highest BCUT2D eigenvalue weighted by Gasteiger charge is 2.21. The van der Waals surface area contributed by atoms with Gasteiger partial charge in [-0.1, -0.05) is 60.1 Å². The summed E-state index contributed by atoms with van der Waals surface area (Å²) in [5, 5.41) is 9.89. The normalized spacial score (nSPS) is 12.1. The average molecular weight is 275 g/mol. The Morgan fingerprint density at radius 1 is 1.05 bits per heavy atom. The lowest BCUT2D eigenvalue weighted by atomic mass is 9.92. The molecule has 0 aliphatic carbocycles. The molecule has 2 aromatic rings. The first-order valence-electron chi connectivity index (χ1n) is 6.19. The summed E-state index contributed by atoms with van der Waals surface area (Å²) >= 11 is 6.08. The van der Waals surface area contributed by atoms with Gasteiger partial charge >= 0.3 is 5.97 Å². The van der Waals surface area contributed by atoms with Crippen molar-refractivity contribution < 1.29 is 9.90 Å². The molecule has 0 bridgehead atoms. The van der Waals surface area contributed by atoms with E-state index in [4.69, 9.17) is 11.6 Å². The lowest BCUT2D eigenvalue weighted by Gasteiger charge is -2.14. The molecule has 2 nitrogen and oxygen atoms in total. The van der Waals surface area contributed by atoms with Gasteiger partial charge < -0.3 is 5.11 Å². The SMILES string of the molecule is O=C(O)[C@@H](CCc1ccccc1)c1ccccc1Cl. The molecule has 0 aromatic heterocycles. The number of hydrogen-bond donors (Lipinski definition) is 1. The number of benzene rings is 2. The molecule has 0 spiro atoms. The quantitative estimate of drug-likeness (QED) is 0.890. The third-order valence-corrected chi connectivity index (χ3v) is 3.49. The molecule has 2 aromatic carbocycles. The number of rotatable bonds is 5. The standard InChI is InChI=1S/C16H15ClO2/c17-15-9-5-4-8-13(15)14(16(18)19)11-10-12-6-2-1-3-7-12/h1-9,14H,10-11H2,(H,18,19)/t14-/m0/s1. The van der Waals surface area contributed by atoms with Crippen molar-refractivity contribution >= 4 is 17.6 Å². The third kappa shape index (κ3) is 3.58. The molecule has 98 valence electrons. The molecule has 0 amide bonds. The van der Waals surface area contributed by atoms with Crippen molar-refractivity contribution in [2.24, 2.45) is 0 Å². The van der Waals surface area contributed by atoms with Crippen molar-refractivity contribution in [2.75, 3.05) is 0 Å². The van der Waals surface area contributed by atoms with E-state index in [1.165, 1.54) is 0 Å². The van der Waals surface area contributed by atoms with E-state index in [0.717, 1.165) is 12.0 Å². The van der Waals surface area contributed by atoms with Crippen LogP contribution in [-0.4, -0.2) is 11.1 Å². The minimum absolute atomic E-state index is 0.517. The highest BCUT2D eigenvalue weighted by atomic mass is 35.5. The Balaban J connectivity index is 2.14. The maximum Gasteiger partial charge on any atom is 0.311 e. The fraction of sp³-hybridized carbons (Fsp3) is 0.188. The summed E-state index contributed by atoms with van der Waals surface area (Å²) in [4.78, 5) is 11.4. The van der Waals surface area contributed by atoms with E-state index in [1.54, 1.807) is 12.1 Å². The molecule has 0 saturated heterocycles. The van der Waals surface area contributed by atoms with Gasteiger partial charge in [0.25, 0.3) is 0 Å². The van der Waals surface area contributed by atoms with Gasteiger partial charge in [-0.2, -0.15) is 0 Å². The van der Waals surface area contributed by atoms with Gasteiger partial charge in [0.1, 0.15) is 0 Å². The summed E-state index contributed by atoms with van der Waals surface area (Å²) < 4.78 is 0. The van der Waals surface area contributed by atoms with Crippen molar-refractivity contribution in [3.8, 4) is 0 Å². The average Bonchev–Trinajstić information content (AvgIpc) is 2.42. The lowest BCUT2D eigenvalue weighted by Crippen LogP contribution is -2.13. The highest BCUT2D eigenvalue weighted by Crippen LogP contribution is 2.28. The molecule has 0 fully saturated rings. The number of carboxylic acids is 1. The Kier molecular flexibility index (Phi) is 4.58. The van der Waals surface area contributed by atoms with Gasteiger partial charge in [-0.3, -0.25) is 4.79 Å². The zero-order chi connectivity index (χ0) is 13.7. The topological polar surface area (TPSA) is 37.3 Å². The predicted octanol–water partition coefficient (Wildman–Crippen LogP) is 4.14. The van der Waals surface area contributed by atoms with Gasteiger partial charge in [0.15, 0.2) is 0 Å². The van der Waals surface area contributed by atoms with Crippen LogP contribution in [0.2, 0.25) is 5.02 Å². The number of hydrogen-bond acceptors (Lipinski definition) is 1. The lowest BCUT2D eigenvalue weighted by molar-refractivity contribution is -0.138. The number of carbonyl (C=O) groups is 1. The van der Waals surface area contributed by atoms with Crippen LogP contribution in [0.15, 0.2) is 54.6 Å². The van der Waals surface area contributed by atoms with Crippen molar-refractivity contribution in [2.45, 2.75) is 18.8 Å². The number of halogens is 1. The predicted molar refractivity (Wildman–Crippen MR) is 76.6 cm³/mol. The fourth-order valence-electron chi connectivity index (χ4n) is 2.13. The fourth-order valence-corrected chi connectivity index (χ4v) is 2.39.